The molecule has 116 valence electrons. The highest BCUT2D eigenvalue weighted by atomic mass is 16.5. The first-order chi connectivity index (χ1) is 9.49. The minimum Gasteiger partial charge on any atom is -0.480 e. The average molecular weight is 286 g/mol. The van der Waals surface area contributed by atoms with Gasteiger partial charge in [0.2, 0.25) is 0 Å². The lowest BCUT2D eigenvalue weighted by molar-refractivity contribution is -0.144. The number of hydrogen-bond acceptors (Lipinski definition) is 3. The number of likely N-dealkylation sites (tertiary alicyclic amines) is 1. The van der Waals surface area contributed by atoms with E-state index in [1.165, 1.54) is 0 Å². The van der Waals surface area contributed by atoms with E-state index in [1.54, 1.807) is 18.7 Å². The van der Waals surface area contributed by atoms with Gasteiger partial charge in [-0.25, -0.2) is 9.59 Å². The van der Waals surface area contributed by atoms with Crippen molar-refractivity contribution in [1.82, 2.24) is 10.2 Å². The predicted molar refractivity (Wildman–Crippen MR) is 75.7 cm³/mol. The number of amides is 2. The van der Waals surface area contributed by atoms with Crippen LogP contribution in [0.2, 0.25) is 0 Å². The van der Waals surface area contributed by atoms with Crippen LogP contribution in [-0.4, -0.2) is 53.3 Å². The van der Waals surface area contributed by atoms with Gasteiger partial charge in [0.1, 0.15) is 5.54 Å². The second-order valence-corrected chi connectivity index (χ2v) is 5.19. The van der Waals surface area contributed by atoms with Gasteiger partial charge in [-0.1, -0.05) is 13.8 Å². The van der Waals surface area contributed by atoms with Crippen molar-refractivity contribution < 1.29 is 19.4 Å². The molecule has 6 nitrogen and oxygen atoms in total. The third-order valence-corrected chi connectivity index (χ3v) is 4.03. The minimum atomic E-state index is -1.17. The Morgan fingerprint density at radius 1 is 1.35 bits per heavy atom. The normalized spacial score (nSPS) is 19.8. The fourth-order valence-electron chi connectivity index (χ4n) is 2.56. The molecule has 1 saturated heterocycles. The Morgan fingerprint density at radius 2 is 2.00 bits per heavy atom. The van der Waals surface area contributed by atoms with Gasteiger partial charge in [0.15, 0.2) is 0 Å². The zero-order chi connectivity index (χ0) is 15.2. The quantitative estimate of drug-likeness (QED) is 0.781. The number of ether oxygens (including phenoxy) is 1. The Bertz CT molecular complexity index is 340. The summed E-state index contributed by atoms with van der Waals surface area (Å²) < 4.78 is 5.56. The molecule has 0 aromatic rings. The molecule has 1 aliphatic heterocycles. The minimum absolute atomic E-state index is 0.0574. The van der Waals surface area contributed by atoms with Crippen molar-refractivity contribution in [2.24, 2.45) is 0 Å². The summed E-state index contributed by atoms with van der Waals surface area (Å²) >= 11 is 0. The third kappa shape index (κ3) is 3.85. The Morgan fingerprint density at radius 3 is 2.50 bits per heavy atom. The van der Waals surface area contributed by atoms with Crippen LogP contribution in [0.3, 0.4) is 0 Å². The van der Waals surface area contributed by atoms with E-state index in [1.807, 2.05) is 6.92 Å². The van der Waals surface area contributed by atoms with Crippen LogP contribution < -0.4 is 5.32 Å². The highest BCUT2D eigenvalue weighted by Gasteiger charge is 2.38. The molecule has 1 fully saturated rings. The van der Waals surface area contributed by atoms with Crippen LogP contribution in [-0.2, 0) is 9.53 Å². The molecule has 1 aliphatic rings. The Hall–Kier alpha value is -1.30. The molecule has 1 heterocycles. The molecular weight excluding hydrogens is 260 g/mol. The highest BCUT2D eigenvalue weighted by molar-refractivity contribution is 5.86. The summed E-state index contributed by atoms with van der Waals surface area (Å²) in [5.41, 5.74) is -1.17. The Labute approximate surface area is 120 Å². The predicted octanol–water partition coefficient (Wildman–Crippen LogP) is 1.84. The summed E-state index contributed by atoms with van der Waals surface area (Å²) in [7, 11) is 0. The molecule has 1 atom stereocenters. The van der Waals surface area contributed by atoms with Gasteiger partial charge in [-0.2, -0.15) is 0 Å². The number of piperidine rings is 1. The number of hydrogen-bond donors (Lipinski definition) is 2. The van der Waals surface area contributed by atoms with Crippen molar-refractivity contribution >= 4 is 12.0 Å². The zero-order valence-electron chi connectivity index (χ0n) is 12.6. The van der Waals surface area contributed by atoms with Gasteiger partial charge in [0, 0.05) is 19.7 Å². The maximum Gasteiger partial charge on any atom is 0.329 e. The van der Waals surface area contributed by atoms with E-state index in [4.69, 9.17) is 4.74 Å². The second kappa shape index (κ2) is 7.47. The Kier molecular flexibility index (Phi) is 6.26. The first-order valence-corrected chi connectivity index (χ1v) is 7.41. The van der Waals surface area contributed by atoms with Crippen LogP contribution >= 0.6 is 0 Å². The topological polar surface area (TPSA) is 78.9 Å². The maximum absolute atomic E-state index is 12.3. The van der Waals surface area contributed by atoms with Gasteiger partial charge in [-0.3, -0.25) is 0 Å². The van der Waals surface area contributed by atoms with E-state index >= 15 is 0 Å². The number of carboxylic acids is 1. The molecule has 0 aromatic heterocycles. The summed E-state index contributed by atoms with van der Waals surface area (Å²) in [5.74, 6) is -0.978. The SMILES string of the molecule is CCOC1CCCN(C(=O)NC(CC)(CC)C(=O)O)C1. The molecule has 2 amide bonds. The molecule has 2 N–H and O–H groups in total. The van der Waals surface area contributed by atoms with Crippen LogP contribution in [0.4, 0.5) is 4.79 Å². The van der Waals surface area contributed by atoms with Crippen LogP contribution in [0.15, 0.2) is 0 Å². The van der Waals surface area contributed by atoms with Crippen molar-refractivity contribution in [3.05, 3.63) is 0 Å². The number of urea groups is 1. The van der Waals surface area contributed by atoms with E-state index < -0.39 is 11.5 Å². The van der Waals surface area contributed by atoms with E-state index in [-0.39, 0.29) is 12.1 Å². The van der Waals surface area contributed by atoms with Gasteiger partial charge in [-0.15, -0.1) is 0 Å². The smallest absolute Gasteiger partial charge is 0.329 e. The number of carboxylic acid groups (broad SMARTS) is 1. The van der Waals surface area contributed by atoms with E-state index in [0.29, 0.717) is 32.5 Å². The third-order valence-electron chi connectivity index (χ3n) is 4.03. The molecule has 1 unspecified atom stereocenters. The fourth-order valence-corrected chi connectivity index (χ4v) is 2.56. The monoisotopic (exact) mass is 286 g/mol. The lowest BCUT2D eigenvalue weighted by Gasteiger charge is -2.36. The maximum atomic E-state index is 12.3. The van der Waals surface area contributed by atoms with Crippen LogP contribution in [0.25, 0.3) is 0 Å². The molecule has 0 saturated carbocycles. The standard InChI is InChI=1S/C14H26N2O4/c1-4-14(5-2,12(17)18)15-13(19)16-9-7-8-11(10-16)20-6-3/h11H,4-10H2,1-3H3,(H,15,19)(H,17,18). The number of aliphatic carboxylic acids is 1. The summed E-state index contributed by atoms with van der Waals surface area (Å²) in [6.07, 6.45) is 2.63. The molecule has 20 heavy (non-hydrogen) atoms. The molecule has 0 radical (unpaired) electrons. The average Bonchev–Trinajstić information content (AvgIpc) is 2.45. The van der Waals surface area contributed by atoms with Crippen molar-refractivity contribution in [1.29, 1.82) is 0 Å². The molecule has 1 rings (SSSR count). The first-order valence-electron chi connectivity index (χ1n) is 7.41. The lowest BCUT2D eigenvalue weighted by Crippen LogP contribution is -2.59. The summed E-state index contributed by atoms with van der Waals surface area (Å²) in [4.78, 5) is 25.4. The van der Waals surface area contributed by atoms with Crippen LogP contribution in [0.5, 0.6) is 0 Å². The van der Waals surface area contributed by atoms with Crippen molar-refractivity contribution in [2.45, 2.75) is 58.1 Å². The van der Waals surface area contributed by atoms with Crippen LogP contribution in [0.1, 0.15) is 46.5 Å². The van der Waals surface area contributed by atoms with Gasteiger partial charge < -0.3 is 20.1 Å². The summed E-state index contributed by atoms with van der Waals surface area (Å²) in [6, 6.07) is -0.305. The lowest BCUT2D eigenvalue weighted by atomic mass is 9.93. The van der Waals surface area contributed by atoms with Gasteiger partial charge in [-0.05, 0) is 32.6 Å². The van der Waals surface area contributed by atoms with Crippen LogP contribution in [0, 0.1) is 0 Å². The number of carbonyl (C=O) groups is 2. The molecule has 0 aromatic carbocycles. The van der Waals surface area contributed by atoms with Gasteiger partial charge in [0.25, 0.3) is 0 Å². The van der Waals surface area contributed by atoms with Crippen molar-refractivity contribution in [2.75, 3.05) is 19.7 Å². The number of rotatable bonds is 6. The van der Waals surface area contributed by atoms with E-state index in [9.17, 15) is 14.7 Å². The largest absolute Gasteiger partial charge is 0.480 e. The van der Waals surface area contributed by atoms with Crippen molar-refractivity contribution in [3.8, 4) is 0 Å². The number of nitrogens with zero attached hydrogens (tertiary/aromatic N) is 1. The van der Waals surface area contributed by atoms with Gasteiger partial charge >= 0.3 is 12.0 Å². The molecule has 0 spiro atoms. The molecule has 0 bridgehead atoms. The molecular formula is C14H26N2O4. The fraction of sp³-hybridized carbons (Fsp3) is 0.857. The molecule has 0 aliphatic carbocycles. The summed E-state index contributed by atoms with van der Waals surface area (Å²) in [5, 5.41) is 12.0. The highest BCUT2D eigenvalue weighted by Crippen LogP contribution is 2.18. The number of nitrogens with one attached hydrogen (secondary N) is 1. The van der Waals surface area contributed by atoms with Gasteiger partial charge in [0.05, 0.1) is 6.10 Å². The first kappa shape index (κ1) is 16.8. The Balaban J connectivity index is 2.67. The van der Waals surface area contributed by atoms with E-state index in [0.717, 1.165) is 12.8 Å². The van der Waals surface area contributed by atoms with Crippen molar-refractivity contribution in [3.63, 3.8) is 0 Å². The van der Waals surface area contributed by atoms with E-state index in [2.05, 4.69) is 5.32 Å². The molecule has 6 heteroatoms. The number of carbonyl (C=O) groups excluding carboxylic acids is 1. The zero-order valence-corrected chi connectivity index (χ0v) is 12.6. The summed E-state index contributed by atoms with van der Waals surface area (Å²) in [6.45, 7) is 7.29. The second-order valence-electron chi connectivity index (χ2n) is 5.19.